The number of alkyl carbamates (subject to hydrolysis) is 1. The SMILES string of the molecule is COC(=O)c1nc(Sc2ccnc(N3CC(C(C)(C)O)C3)c2F)cnc1N1CCC2(CC1)CO[C@@H](C)[C@H]2NC(=O)OC(C)(C)C. The molecule has 3 saturated heterocycles. The highest BCUT2D eigenvalue weighted by atomic mass is 32.2. The maximum absolute atomic E-state index is 15.5. The Morgan fingerprint density at radius 3 is 2.44 bits per heavy atom. The van der Waals surface area contributed by atoms with Gasteiger partial charge in [0.1, 0.15) is 10.6 Å². The molecule has 3 aliphatic rings. The number of aliphatic hydroxyl groups is 1. The van der Waals surface area contributed by atoms with Crippen molar-refractivity contribution in [2.45, 2.75) is 87.7 Å². The van der Waals surface area contributed by atoms with E-state index in [1.54, 1.807) is 24.8 Å². The molecular formula is C31H43FN6O6S. The van der Waals surface area contributed by atoms with Crippen molar-refractivity contribution in [1.29, 1.82) is 0 Å². The van der Waals surface area contributed by atoms with E-state index in [1.165, 1.54) is 19.5 Å². The molecular weight excluding hydrogens is 603 g/mol. The molecule has 12 nitrogen and oxygen atoms in total. The minimum Gasteiger partial charge on any atom is -0.464 e. The van der Waals surface area contributed by atoms with Gasteiger partial charge in [-0.2, -0.15) is 0 Å². The van der Waals surface area contributed by atoms with E-state index in [2.05, 4.69) is 20.3 Å². The number of amides is 1. The fourth-order valence-corrected chi connectivity index (χ4v) is 6.89. The first kappa shape index (κ1) is 33.1. The number of hydrogen-bond acceptors (Lipinski definition) is 12. The molecule has 45 heavy (non-hydrogen) atoms. The van der Waals surface area contributed by atoms with Crippen LogP contribution in [0.25, 0.3) is 0 Å². The van der Waals surface area contributed by atoms with Crippen LogP contribution in [0.15, 0.2) is 28.4 Å². The minimum atomic E-state index is -0.849. The van der Waals surface area contributed by atoms with Crippen molar-refractivity contribution in [3.05, 3.63) is 30.0 Å². The number of aromatic nitrogens is 3. The van der Waals surface area contributed by atoms with Gasteiger partial charge in [0.2, 0.25) is 0 Å². The molecule has 2 aromatic heterocycles. The Labute approximate surface area is 267 Å². The molecule has 2 aromatic rings. The standard InChI is InChI=1S/C31H43FN6O6S/c1-18-24(36-28(40)44-29(2,3)4)31(17-43-18)9-12-37(13-10-31)26-23(27(39)42-7)35-21(14-34-26)45-20-8-11-33-25(22(20)32)38-15-19(16-38)30(5,6)41/h8,11,14,18-19,24,41H,9-10,12-13,15-17H2,1-7H3,(H,36,40)/t18-,24+/m0/s1. The lowest BCUT2D eigenvalue weighted by Gasteiger charge is -2.45. The number of anilines is 2. The molecule has 5 heterocycles. The van der Waals surface area contributed by atoms with Crippen molar-refractivity contribution in [2.24, 2.45) is 11.3 Å². The van der Waals surface area contributed by atoms with E-state index in [1.807, 2.05) is 32.6 Å². The average Bonchev–Trinajstić information content (AvgIpc) is 3.22. The number of nitrogens with one attached hydrogen (secondary N) is 1. The van der Waals surface area contributed by atoms with Crippen molar-refractivity contribution in [3.8, 4) is 0 Å². The van der Waals surface area contributed by atoms with E-state index in [0.29, 0.717) is 61.4 Å². The molecule has 3 fully saturated rings. The molecule has 0 aromatic carbocycles. The summed E-state index contributed by atoms with van der Waals surface area (Å²) in [4.78, 5) is 42.9. The van der Waals surface area contributed by atoms with Crippen LogP contribution in [0.2, 0.25) is 0 Å². The first-order valence-corrected chi connectivity index (χ1v) is 16.0. The summed E-state index contributed by atoms with van der Waals surface area (Å²) in [6.07, 6.45) is 3.78. The van der Waals surface area contributed by atoms with Gasteiger partial charge in [0.05, 0.1) is 42.6 Å². The first-order chi connectivity index (χ1) is 21.1. The third-order valence-electron chi connectivity index (χ3n) is 8.83. The van der Waals surface area contributed by atoms with Gasteiger partial charge >= 0.3 is 12.1 Å². The fourth-order valence-electron chi connectivity index (χ4n) is 6.11. The third-order valence-corrected chi connectivity index (χ3v) is 9.77. The largest absolute Gasteiger partial charge is 0.464 e. The molecule has 0 bridgehead atoms. The maximum Gasteiger partial charge on any atom is 0.407 e. The summed E-state index contributed by atoms with van der Waals surface area (Å²) in [7, 11) is 1.28. The number of ether oxygens (including phenoxy) is 3. The van der Waals surface area contributed by atoms with E-state index in [4.69, 9.17) is 14.2 Å². The molecule has 1 amide bonds. The van der Waals surface area contributed by atoms with E-state index < -0.39 is 29.1 Å². The molecule has 0 radical (unpaired) electrons. The Bertz CT molecular complexity index is 1420. The normalized spacial score (nSPS) is 21.9. The Kier molecular flexibility index (Phi) is 9.22. The van der Waals surface area contributed by atoms with Crippen molar-refractivity contribution in [2.75, 3.05) is 49.7 Å². The number of rotatable bonds is 7. The second kappa shape index (κ2) is 12.5. The van der Waals surface area contributed by atoms with E-state index in [-0.39, 0.29) is 35.0 Å². The zero-order valence-corrected chi connectivity index (χ0v) is 27.7. The van der Waals surface area contributed by atoms with Gasteiger partial charge in [-0.15, -0.1) is 0 Å². The van der Waals surface area contributed by atoms with Crippen molar-refractivity contribution in [1.82, 2.24) is 20.3 Å². The highest BCUT2D eigenvalue weighted by Crippen LogP contribution is 2.44. The monoisotopic (exact) mass is 646 g/mol. The number of hydrogen-bond donors (Lipinski definition) is 2. The number of piperidine rings is 1. The van der Waals surface area contributed by atoms with Gasteiger partial charge in [0.25, 0.3) is 0 Å². The van der Waals surface area contributed by atoms with Gasteiger partial charge in [0, 0.05) is 43.7 Å². The van der Waals surface area contributed by atoms with Gasteiger partial charge < -0.3 is 34.4 Å². The summed E-state index contributed by atoms with van der Waals surface area (Å²) in [5.74, 6) is -0.510. The number of esters is 1. The quantitative estimate of drug-likeness (QED) is 0.420. The predicted molar refractivity (Wildman–Crippen MR) is 166 cm³/mol. The van der Waals surface area contributed by atoms with Crippen LogP contribution in [-0.2, 0) is 14.2 Å². The molecule has 5 rings (SSSR count). The van der Waals surface area contributed by atoms with Gasteiger partial charge in [-0.05, 0) is 60.5 Å². The van der Waals surface area contributed by atoms with Gasteiger partial charge in [-0.3, -0.25) is 0 Å². The zero-order chi connectivity index (χ0) is 32.7. The van der Waals surface area contributed by atoms with Crippen LogP contribution >= 0.6 is 11.8 Å². The Hall–Kier alpha value is -3.23. The summed E-state index contributed by atoms with van der Waals surface area (Å²) in [6.45, 7) is 13.5. The second-order valence-corrected chi connectivity index (χ2v) is 14.7. The molecule has 1 spiro atoms. The zero-order valence-electron chi connectivity index (χ0n) is 26.9. The first-order valence-electron chi connectivity index (χ1n) is 15.2. The van der Waals surface area contributed by atoms with Crippen molar-refractivity contribution < 1.29 is 33.3 Å². The maximum atomic E-state index is 15.5. The van der Waals surface area contributed by atoms with Crippen molar-refractivity contribution in [3.63, 3.8) is 0 Å². The molecule has 0 unspecified atom stereocenters. The third kappa shape index (κ3) is 7.12. The number of nitrogens with zero attached hydrogens (tertiary/aromatic N) is 5. The lowest BCUT2D eigenvalue weighted by atomic mass is 9.73. The van der Waals surface area contributed by atoms with Gasteiger partial charge in [0.15, 0.2) is 23.1 Å². The number of carbonyl (C=O) groups is 2. The molecule has 3 aliphatic heterocycles. The summed E-state index contributed by atoms with van der Waals surface area (Å²) in [6, 6.07) is 1.33. The molecule has 0 saturated carbocycles. The summed E-state index contributed by atoms with van der Waals surface area (Å²) < 4.78 is 32.1. The molecule has 2 atom stereocenters. The van der Waals surface area contributed by atoms with Crippen LogP contribution < -0.4 is 15.1 Å². The minimum absolute atomic E-state index is 0.0254. The Morgan fingerprint density at radius 2 is 1.82 bits per heavy atom. The number of halogens is 1. The second-order valence-electron chi connectivity index (χ2n) is 13.7. The van der Waals surface area contributed by atoms with Crippen LogP contribution in [0, 0.1) is 17.2 Å². The van der Waals surface area contributed by atoms with Crippen LogP contribution in [0.5, 0.6) is 0 Å². The summed E-state index contributed by atoms with van der Waals surface area (Å²) in [5, 5.41) is 13.6. The van der Waals surface area contributed by atoms with Gasteiger partial charge in [-0.1, -0.05) is 11.8 Å². The lowest BCUT2D eigenvalue weighted by molar-refractivity contribution is 0.00414. The van der Waals surface area contributed by atoms with Crippen LogP contribution in [-0.4, -0.2) is 95.4 Å². The smallest absolute Gasteiger partial charge is 0.407 e. The average molecular weight is 647 g/mol. The summed E-state index contributed by atoms with van der Waals surface area (Å²) in [5.41, 5.74) is -1.71. The van der Waals surface area contributed by atoms with Gasteiger partial charge in [-0.25, -0.2) is 28.9 Å². The highest BCUT2D eigenvalue weighted by Gasteiger charge is 2.51. The van der Waals surface area contributed by atoms with Crippen LogP contribution in [0.1, 0.15) is 64.9 Å². The van der Waals surface area contributed by atoms with Crippen LogP contribution in [0.4, 0.5) is 20.8 Å². The lowest BCUT2D eigenvalue weighted by Crippen LogP contribution is -2.56. The van der Waals surface area contributed by atoms with E-state index >= 15 is 4.39 Å². The number of methoxy groups -OCH3 is 1. The Balaban J connectivity index is 1.30. The molecule has 246 valence electrons. The molecule has 14 heteroatoms. The van der Waals surface area contributed by atoms with E-state index in [9.17, 15) is 14.7 Å². The molecule has 0 aliphatic carbocycles. The number of carbonyl (C=O) groups excluding carboxylic acids is 2. The Morgan fingerprint density at radius 1 is 1.13 bits per heavy atom. The van der Waals surface area contributed by atoms with Crippen LogP contribution in [0.3, 0.4) is 0 Å². The topological polar surface area (TPSA) is 139 Å². The fraction of sp³-hybridized carbons (Fsp3) is 0.645. The summed E-state index contributed by atoms with van der Waals surface area (Å²) >= 11 is 1.05. The van der Waals surface area contributed by atoms with Crippen molar-refractivity contribution >= 4 is 35.5 Å². The molecule has 2 N–H and O–H groups in total. The van der Waals surface area contributed by atoms with E-state index in [0.717, 1.165) is 11.8 Å². The number of pyridine rings is 1. The highest BCUT2D eigenvalue weighted by molar-refractivity contribution is 7.99. The predicted octanol–water partition coefficient (Wildman–Crippen LogP) is 4.05.